The summed E-state index contributed by atoms with van der Waals surface area (Å²) in [6.45, 7) is 2.09. The van der Waals surface area contributed by atoms with Crippen LogP contribution in [-0.4, -0.2) is 30.6 Å². The van der Waals surface area contributed by atoms with Crippen LogP contribution in [0.4, 0.5) is 17.1 Å². The Hall–Kier alpha value is -3.87. The Morgan fingerprint density at radius 3 is 2.24 bits per heavy atom. The number of carbonyl (C=O) groups is 2. The predicted molar refractivity (Wildman–Crippen MR) is 111 cm³/mol. The fraction of sp³-hybridized carbons (Fsp3) is 0.136. The molecule has 1 heterocycles. The summed E-state index contributed by atoms with van der Waals surface area (Å²) < 4.78 is 10.1. The second-order valence-electron chi connectivity index (χ2n) is 6.07. The van der Waals surface area contributed by atoms with Crippen LogP contribution >= 0.6 is 0 Å². The third-order valence-corrected chi connectivity index (χ3v) is 4.03. The summed E-state index contributed by atoms with van der Waals surface area (Å²) in [5, 5.41) is 5.98. The van der Waals surface area contributed by atoms with Crippen LogP contribution in [0.25, 0.3) is 0 Å². The maximum atomic E-state index is 12.5. The van der Waals surface area contributed by atoms with Crippen molar-refractivity contribution in [2.75, 3.05) is 24.4 Å². The lowest BCUT2D eigenvalue weighted by atomic mass is 10.2. The van der Waals surface area contributed by atoms with Crippen LogP contribution < -0.4 is 15.4 Å². The van der Waals surface area contributed by atoms with E-state index in [2.05, 4.69) is 15.6 Å². The van der Waals surface area contributed by atoms with E-state index in [1.165, 1.54) is 6.20 Å². The first kappa shape index (κ1) is 19.9. The average Bonchev–Trinajstić information content (AvgIpc) is 2.75. The fourth-order valence-corrected chi connectivity index (χ4v) is 2.58. The van der Waals surface area contributed by atoms with E-state index in [9.17, 15) is 9.59 Å². The number of carbonyl (C=O) groups excluding carboxylic acids is 2. The Morgan fingerprint density at radius 2 is 1.59 bits per heavy atom. The van der Waals surface area contributed by atoms with Crippen LogP contribution in [0.5, 0.6) is 5.75 Å². The van der Waals surface area contributed by atoms with E-state index in [1.54, 1.807) is 74.8 Å². The van der Waals surface area contributed by atoms with Gasteiger partial charge in [-0.1, -0.05) is 0 Å². The number of anilines is 3. The number of rotatable bonds is 7. The van der Waals surface area contributed by atoms with Crippen molar-refractivity contribution in [1.29, 1.82) is 0 Å². The summed E-state index contributed by atoms with van der Waals surface area (Å²) in [7, 11) is 1.59. The Morgan fingerprint density at radius 1 is 0.897 bits per heavy atom. The number of amides is 1. The molecular weight excluding hydrogens is 370 g/mol. The fourth-order valence-electron chi connectivity index (χ4n) is 2.58. The summed E-state index contributed by atoms with van der Waals surface area (Å²) in [5.74, 6) is 0.0757. The minimum atomic E-state index is -0.363. The van der Waals surface area contributed by atoms with Gasteiger partial charge in [0.1, 0.15) is 5.75 Å². The molecule has 0 spiro atoms. The summed E-state index contributed by atoms with van der Waals surface area (Å²) >= 11 is 0. The molecular formula is C22H21N3O4. The molecule has 148 valence electrons. The number of esters is 1. The summed E-state index contributed by atoms with van der Waals surface area (Å²) in [6.07, 6.45) is 3.11. The van der Waals surface area contributed by atoms with Crippen LogP contribution in [0.15, 0.2) is 67.0 Å². The molecule has 7 heteroatoms. The minimum absolute atomic E-state index is 0.274. The van der Waals surface area contributed by atoms with Gasteiger partial charge in [0, 0.05) is 17.6 Å². The second-order valence-corrected chi connectivity index (χ2v) is 6.07. The first-order chi connectivity index (χ1) is 14.1. The number of nitrogens with one attached hydrogen (secondary N) is 2. The first-order valence-electron chi connectivity index (χ1n) is 9.03. The van der Waals surface area contributed by atoms with Crippen LogP contribution in [-0.2, 0) is 4.74 Å². The van der Waals surface area contributed by atoms with Gasteiger partial charge in [-0.3, -0.25) is 9.78 Å². The van der Waals surface area contributed by atoms with Gasteiger partial charge < -0.3 is 20.1 Å². The normalized spacial score (nSPS) is 10.1. The zero-order valence-corrected chi connectivity index (χ0v) is 16.1. The third kappa shape index (κ3) is 5.32. The number of nitrogens with zero attached hydrogens (tertiary/aromatic N) is 1. The number of ether oxygens (including phenoxy) is 2. The van der Waals surface area contributed by atoms with Gasteiger partial charge in [-0.05, 0) is 61.5 Å². The molecule has 0 saturated heterocycles. The van der Waals surface area contributed by atoms with Crippen LogP contribution in [0.2, 0.25) is 0 Å². The number of benzene rings is 2. The third-order valence-electron chi connectivity index (χ3n) is 4.03. The summed E-state index contributed by atoms with van der Waals surface area (Å²) in [6, 6.07) is 15.6. The van der Waals surface area contributed by atoms with E-state index in [0.717, 1.165) is 5.69 Å². The molecule has 2 aromatic carbocycles. The molecule has 0 bridgehead atoms. The topological polar surface area (TPSA) is 89.5 Å². The van der Waals surface area contributed by atoms with Crippen molar-refractivity contribution < 1.29 is 19.1 Å². The molecule has 1 amide bonds. The molecule has 3 rings (SSSR count). The second kappa shape index (κ2) is 9.36. The monoisotopic (exact) mass is 391 g/mol. The zero-order chi connectivity index (χ0) is 20.6. The molecule has 2 N–H and O–H groups in total. The van der Waals surface area contributed by atoms with E-state index >= 15 is 0 Å². The van der Waals surface area contributed by atoms with Crippen molar-refractivity contribution in [2.24, 2.45) is 0 Å². The molecule has 0 atom stereocenters. The van der Waals surface area contributed by atoms with Gasteiger partial charge in [-0.15, -0.1) is 0 Å². The lowest BCUT2D eigenvalue weighted by Crippen LogP contribution is -2.12. The SMILES string of the molecule is CCOC(=O)c1ccc(Nc2cncc(C(=O)Nc3ccc(OC)cc3)c2)cc1. The molecule has 0 fully saturated rings. The molecule has 0 aliphatic rings. The lowest BCUT2D eigenvalue weighted by molar-refractivity contribution is 0.0526. The molecule has 0 aliphatic heterocycles. The molecule has 7 nitrogen and oxygen atoms in total. The number of hydrogen-bond donors (Lipinski definition) is 2. The van der Waals surface area contributed by atoms with Crippen molar-refractivity contribution in [1.82, 2.24) is 4.98 Å². The van der Waals surface area contributed by atoms with Crippen molar-refractivity contribution >= 4 is 28.9 Å². The highest BCUT2D eigenvalue weighted by atomic mass is 16.5. The largest absolute Gasteiger partial charge is 0.497 e. The van der Waals surface area contributed by atoms with Gasteiger partial charge in [0.05, 0.1) is 36.7 Å². The highest BCUT2D eigenvalue weighted by molar-refractivity contribution is 6.04. The van der Waals surface area contributed by atoms with Crippen LogP contribution in [0.3, 0.4) is 0 Å². The highest BCUT2D eigenvalue weighted by Crippen LogP contribution is 2.19. The predicted octanol–water partition coefficient (Wildman–Crippen LogP) is 4.26. The number of pyridine rings is 1. The highest BCUT2D eigenvalue weighted by Gasteiger charge is 2.09. The Balaban J connectivity index is 1.67. The van der Waals surface area contributed by atoms with Gasteiger partial charge in [-0.2, -0.15) is 0 Å². The molecule has 3 aromatic rings. The molecule has 0 unspecified atom stereocenters. The van der Waals surface area contributed by atoms with Crippen molar-refractivity contribution in [3.8, 4) is 5.75 Å². The number of hydrogen-bond acceptors (Lipinski definition) is 6. The van der Waals surface area contributed by atoms with E-state index in [0.29, 0.717) is 34.9 Å². The minimum Gasteiger partial charge on any atom is -0.497 e. The van der Waals surface area contributed by atoms with Crippen LogP contribution in [0.1, 0.15) is 27.6 Å². The summed E-state index contributed by atoms with van der Waals surface area (Å²) in [5.41, 5.74) is 2.95. The van der Waals surface area contributed by atoms with Crippen molar-refractivity contribution in [3.05, 3.63) is 78.1 Å². The van der Waals surface area contributed by atoms with Gasteiger partial charge in [0.25, 0.3) is 5.91 Å². The standard InChI is InChI=1S/C22H21N3O4/c1-3-29-22(27)15-4-6-17(7-5-15)24-19-12-16(13-23-14-19)21(26)25-18-8-10-20(28-2)11-9-18/h4-14,24H,3H2,1-2H3,(H,25,26). The van der Waals surface area contributed by atoms with Crippen molar-refractivity contribution in [2.45, 2.75) is 6.92 Å². The van der Waals surface area contributed by atoms with E-state index in [4.69, 9.17) is 9.47 Å². The average molecular weight is 391 g/mol. The molecule has 29 heavy (non-hydrogen) atoms. The van der Waals surface area contributed by atoms with E-state index in [-0.39, 0.29) is 11.9 Å². The number of methoxy groups -OCH3 is 1. The molecule has 0 radical (unpaired) electrons. The summed E-state index contributed by atoms with van der Waals surface area (Å²) in [4.78, 5) is 28.3. The Kier molecular flexibility index (Phi) is 6.42. The van der Waals surface area contributed by atoms with Gasteiger partial charge in [0.2, 0.25) is 0 Å². The quantitative estimate of drug-likeness (QED) is 0.585. The molecule has 0 aliphatic carbocycles. The van der Waals surface area contributed by atoms with E-state index in [1.807, 2.05) is 0 Å². The van der Waals surface area contributed by atoms with E-state index < -0.39 is 0 Å². The van der Waals surface area contributed by atoms with Gasteiger partial charge >= 0.3 is 5.97 Å². The Bertz CT molecular complexity index is 986. The number of aromatic nitrogens is 1. The smallest absolute Gasteiger partial charge is 0.338 e. The first-order valence-corrected chi connectivity index (χ1v) is 9.03. The van der Waals surface area contributed by atoms with Crippen LogP contribution in [0, 0.1) is 0 Å². The zero-order valence-electron chi connectivity index (χ0n) is 16.1. The molecule has 0 saturated carbocycles. The van der Waals surface area contributed by atoms with Crippen molar-refractivity contribution in [3.63, 3.8) is 0 Å². The maximum absolute atomic E-state index is 12.5. The lowest BCUT2D eigenvalue weighted by Gasteiger charge is -2.10. The molecule has 1 aromatic heterocycles. The maximum Gasteiger partial charge on any atom is 0.338 e. The van der Waals surface area contributed by atoms with Gasteiger partial charge in [0.15, 0.2) is 0 Å². The van der Waals surface area contributed by atoms with Gasteiger partial charge in [-0.25, -0.2) is 4.79 Å². The Labute approximate surface area is 168 Å².